The van der Waals surface area contributed by atoms with Crippen LogP contribution in [0.25, 0.3) is 11.3 Å². The van der Waals surface area contributed by atoms with E-state index in [4.69, 9.17) is 9.47 Å². The molecule has 8 bridgehead atoms. The normalized spacial score (nSPS) is 17.1. The number of carbonyl (C=O) groups is 2. The van der Waals surface area contributed by atoms with Crippen molar-refractivity contribution in [3.8, 4) is 11.5 Å². The number of fused-ring (bicyclic) bond motifs is 6. The molecule has 2 amide bonds. The fraction of sp³-hybridized carbons (Fsp3) is 0.333. The molecule has 17 nitrogen and oxygen atoms in total. The number of ether oxygens (including phenoxy) is 4. The van der Waals surface area contributed by atoms with Gasteiger partial charge in [-0.05, 0) is 55.7 Å². The van der Waals surface area contributed by atoms with Crippen LogP contribution in [0.1, 0.15) is 58.3 Å². The van der Waals surface area contributed by atoms with Crippen LogP contribution in [0.15, 0.2) is 60.9 Å². The SMILES string of the molecule is CCc1cc2nc3c(cnn13)C(=O)N[C@H](C)COCc1ccc(OC(F)(F)F)c(c1)N2.CNc1cc2nc3c(cnn13)C(=O)N[C@H](C)COCc1ccc(OC(F)(F)F)c(c1)N2. The summed E-state index contributed by atoms with van der Waals surface area (Å²) in [5.74, 6) is -0.650. The van der Waals surface area contributed by atoms with E-state index in [9.17, 15) is 35.9 Å². The van der Waals surface area contributed by atoms with Crippen molar-refractivity contribution in [2.75, 3.05) is 36.2 Å². The summed E-state index contributed by atoms with van der Waals surface area (Å²) in [6.07, 6.45) is -6.37. The van der Waals surface area contributed by atoms with Gasteiger partial charge in [0.1, 0.15) is 28.6 Å². The van der Waals surface area contributed by atoms with Gasteiger partial charge in [0.15, 0.2) is 22.8 Å². The van der Waals surface area contributed by atoms with Crippen LogP contribution in [-0.2, 0) is 29.1 Å². The zero-order valence-corrected chi connectivity index (χ0v) is 33.4. The Morgan fingerprint density at radius 2 is 1.19 bits per heavy atom. The third kappa shape index (κ3) is 10.2. The van der Waals surface area contributed by atoms with Crippen LogP contribution in [0, 0.1) is 0 Å². The maximum Gasteiger partial charge on any atom is 0.573 e. The van der Waals surface area contributed by atoms with Crippen LogP contribution in [0.3, 0.4) is 0 Å². The van der Waals surface area contributed by atoms with Gasteiger partial charge in [-0.15, -0.1) is 26.3 Å². The second-order valence-corrected chi connectivity index (χ2v) is 14.1. The van der Waals surface area contributed by atoms with Crippen molar-refractivity contribution in [3.05, 3.63) is 88.9 Å². The van der Waals surface area contributed by atoms with Crippen LogP contribution in [0.2, 0.25) is 0 Å². The molecule has 2 atom stereocenters. The van der Waals surface area contributed by atoms with Gasteiger partial charge < -0.3 is 45.5 Å². The van der Waals surface area contributed by atoms with Crippen LogP contribution in [0.4, 0.5) is 55.2 Å². The number of anilines is 5. The molecule has 8 rings (SSSR count). The highest BCUT2D eigenvalue weighted by Gasteiger charge is 2.34. The highest BCUT2D eigenvalue weighted by molar-refractivity contribution is 6.01. The molecular formula is C39H39F6N11O6. The Kier molecular flexibility index (Phi) is 12.3. The monoisotopic (exact) mass is 871 g/mol. The van der Waals surface area contributed by atoms with Gasteiger partial charge in [-0.2, -0.15) is 14.7 Å². The van der Waals surface area contributed by atoms with Gasteiger partial charge in [0.2, 0.25) is 0 Å². The molecule has 328 valence electrons. The Bertz CT molecular complexity index is 2440. The van der Waals surface area contributed by atoms with Crippen molar-refractivity contribution in [1.82, 2.24) is 39.8 Å². The van der Waals surface area contributed by atoms with Gasteiger partial charge in [0.05, 0.1) is 50.2 Å². The first-order valence-electron chi connectivity index (χ1n) is 19.0. The molecule has 0 saturated heterocycles. The zero-order chi connectivity index (χ0) is 44.3. The summed E-state index contributed by atoms with van der Waals surface area (Å²) in [5.41, 5.74) is 3.09. The lowest BCUT2D eigenvalue weighted by molar-refractivity contribution is -0.275. The largest absolute Gasteiger partial charge is 0.573 e. The Morgan fingerprint density at radius 1 is 0.726 bits per heavy atom. The van der Waals surface area contributed by atoms with E-state index >= 15 is 0 Å². The van der Waals surface area contributed by atoms with Crippen molar-refractivity contribution < 1.29 is 54.9 Å². The summed E-state index contributed by atoms with van der Waals surface area (Å²) in [5, 5.41) is 22.8. The molecule has 6 aromatic rings. The number of nitrogens with one attached hydrogen (secondary N) is 5. The van der Waals surface area contributed by atoms with Gasteiger partial charge in [0.25, 0.3) is 11.8 Å². The topological polar surface area (TPSA) is 192 Å². The lowest BCUT2D eigenvalue weighted by Gasteiger charge is -2.18. The molecule has 0 fully saturated rings. The molecule has 4 aromatic heterocycles. The van der Waals surface area contributed by atoms with Crippen molar-refractivity contribution in [1.29, 1.82) is 0 Å². The maximum absolute atomic E-state index is 12.9. The summed E-state index contributed by atoms with van der Waals surface area (Å²) in [6.45, 7) is 6.17. The van der Waals surface area contributed by atoms with E-state index in [2.05, 4.69) is 56.2 Å². The Hall–Kier alpha value is -6.88. The van der Waals surface area contributed by atoms with E-state index in [-0.39, 0.29) is 84.2 Å². The number of hydrogen-bond donors (Lipinski definition) is 5. The summed E-state index contributed by atoms with van der Waals surface area (Å²) in [7, 11) is 1.65. The average molecular weight is 872 g/mol. The second-order valence-electron chi connectivity index (χ2n) is 14.1. The van der Waals surface area contributed by atoms with Gasteiger partial charge in [0, 0.05) is 37.0 Å². The third-order valence-electron chi connectivity index (χ3n) is 9.22. The summed E-state index contributed by atoms with van der Waals surface area (Å²) in [4.78, 5) is 34.3. The minimum absolute atomic E-state index is 0.0490. The smallest absolute Gasteiger partial charge is 0.404 e. The van der Waals surface area contributed by atoms with Crippen molar-refractivity contribution in [2.45, 2.75) is 65.2 Å². The number of amides is 2. The Balaban J connectivity index is 0.000000186. The molecule has 6 heterocycles. The number of benzene rings is 2. The lowest BCUT2D eigenvalue weighted by atomic mass is 10.2. The first kappa shape index (κ1) is 43.2. The zero-order valence-electron chi connectivity index (χ0n) is 33.4. The molecule has 2 aromatic carbocycles. The fourth-order valence-corrected chi connectivity index (χ4v) is 6.49. The van der Waals surface area contributed by atoms with Gasteiger partial charge in [-0.3, -0.25) is 9.59 Å². The number of halogens is 6. The van der Waals surface area contributed by atoms with E-state index < -0.39 is 30.1 Å². The van der Waals surface area contributed by atoms with E-state index in [1.54, 1.807) is 33.0 Å². The van der Waals surface area contributed by atoms with E-state index in [1.165, 1.54) is 57.8 Å². The van der Waals surface area contributed by atoms with Crippen LogP contribution in [-0.4, -0.2) is 86.1 Å². The predicted octanol–water partition coefficient (Wildman–Crippen LogP) is 6.64. The number of hydrogen-bond acceptors (Lipinski definition) is 13. The van der Waals surface area contributed by atoms with Gasteiger partial charge >= 0.3 is 12.7 Å². The fourth-order valence-electron chi connectivity index (χ4n) is 6.49. The highest BCUT2D eigenvalue weighted by atomic mass is 19.4. The average Bonchev–Trinajstić information content (AvgIpc) is 3.83. The molecule has 2 aliphatic heterocycles. The standard InChI is InChI=1S/C20H20F3N5O3.C19H19F3N6O3/c1-3-13-7-17-26-15-6-12(4-5-16(15)31-20(21,22)23)10-30-9-11(2)25-19(29)14-8-24-28(13)18(14)27-17;1-10-8-30-9-11-3-4-14(31-19(20,21)22)13(5-11)26-15-6-16(23-2)28-17(27-15)12(7-24-28)18(29)25-10/h4-8,11H,3,9-10H2,1-2H3,(H,25,29)(H,26,27);3-7,10,23H,8-9H2,1-2H3,(H,25,29)(H,26,27)/t11-;10-/m11/s1. The van der Waals surface area contributed by atoms with Crippen LogP contribution in [0.5, 0.6) is 11.5 Å². The lowest BCUT2D eigenvalue weighted by Crippen LogP contribution is -2.36. The minimum Gasteiger partial charge on any atom is -0.404 e. The molecule has 5 N–H and O–H groups in total. The molecule has 0 unspecified atom stereocenters. The van der Waals surface area contributed by atoms with Crippen molar-refractivity contribution in [2.24, 2.45) is 0 Å². The minimum atomic E-state index is -4.87. The van der Waals surface area contributed by atoms with Crippen LogP contribution < -0.4 is 36.1 Å². The summed E-state index contributed by atoms with van der Waals surface area (Å²) >= 11 is 0. The number of alkyl halides is 6. The number of nitrogens with zero attached hydrogens (tertiary/aromatic N) is 6. The van der Waals surface area contributed by atoms with E-state index in [0.717, 1.165) is 5.69 Å². The maximum atomic E-state index is 12.9. The number of aromatic nitrogens is 6. The Labute approximate surface area is 348 Å². The second kappa shape index (κ2) is 17.6. The molecule has 0 spiro atoms. The van der Waals surface area contributed by atoms with E-state index in [0.29, 0.717) is 29.0 Å². The molecule has 0 saturated carbocycles. The van der Waals surface area contributed by atoms with Crippen molar-refractivity contribution in [3.63, 3.8) is 0 Å². The predicted molar refractivity (Wildman–Crippen MR) is 211 cm³/mol. The first-order valence-corrected chi connectivity index (χ1v) is 19.0. The quantitative estimate of drug-likeness (QED) is 0.119. The molecule has 62 heavy (non-hydrogen) atoms. The van der Waals surface area contributed by atoms with Gasteiger partial charge in [-0.1, -0.05) is 19.1 Å². The first-order chi connectivity index (χ1) is 29.5. The summed E-state index contributed by atoms with van der Waals surface area (Å²) < 4.78 is 99.9. The molecule has 23 heteroatoms. The van der Waals surface area contributed by atoms with Crippen LogP contribution >= 0.6 is 0 Å². The number of rotatable bonds is 4. The summed E-state index contributed by atoms with van der Waals surface area (Å²) in [6, 6.07) is 11.0. The number of carbonyl (C=O) groups excluding carboxylic acids is 2. The van der Waals surface area contributed by atoms with E-state index in [1.807, 2.05) is 6.92 Å². The molecular weight excluding hydrogens is 832 g/mol. The van der Waals surface area contributed by atoms with Crippen molar-refractivity contribution >= 4 is 51.9 Å². The highest BCUT2D eigenvalue weighted by Crippen LogP contribution is 2.36. The third-order valence-corrected chi connectivity index (χ3v) is 9.22. The number of aryl methyl sites for hydroxylation is 1. The molecule has 0 radical (unpaired) electrons. The molecule has 2 aliphatic rings. The van der Waals surface area contributed by atoms with Gasteiger partial charge in [-0.25, -0.2) is 14.5 Å². The molecule has 0 aliphatic carbocycles. The Morgan fingerprint density at radius 3 is 1.66 bits per heavy atom.